The van der Waals surface area contributed by atoms with Gasteiger partial charge in [-0.15, -0.1) is 0 Å². The molecular weight excluding hydrogens is 474 g/mol. The molecule has 0 spiro atoms. The molecular formula is C23H35N5O8. The Kier molecular flexibility index (Phi) is 13.7. The van der Waals surface area contributed by atoms with Gasteiger partial charge in [0.15, 0.2) is 0 Å². The highest BCUT2D eigenvalue weighted by Crippen LogP contribution is 2.05. The highest BCUT2D eigenvalue weighted by atomic mass is 16.4. The number of hydrogen-bond donors (Lipinski definition) is 8. The molecule has 0 aromatic heterocycles. The average molecular weight is 510 g/mol. The highest BCUT2D eigenvalue weighted by molar-refractivity contribution is 5.94. The van der Waals surface area contributed by atoms with Crippen molar-refractivity contribution in [3.05, 3.63) is 35.9 Å². The first kappa shape index (κ1) is 30.5. The smallest absolute Gasteiger partial charge is 0.326 e. The van der Waals surface area contributed by atoms with Gasteiger partial charge in [-0.25, -0.2) is 4.79 Å². The number of hydrogen-bond acceptors (Lipinski definition) is 8. The Morgan fingerprint density at radius 1 is 0.806 bits per heavy atom. The van der Waals surface area contributed by atoms with E-state index in [0.717, 1.165) is 0 Å². The maximum atomic E-state index is 12.8. The number of unbranched alkanes of at least 4 members (excludes halogenated alkanes) is 1. The third kappa shape index (κ3) is 11.3. The third-order valence-electron chi connectivity index (χ3n) is 5.30. The van der Waals surface area contributed by atoms with E-state index in [-0.39, 0.29) is 12.8 Å². The zero-order valence-corrected chi connectivity index (χ0v) is 19.9. The van der Waals surface area contributed by atoms with Crippen LogP contribution < -0.4 is 27.4 Å². The van der Waals surface area contributed by atoms with Crippen molar-refractivity contribution >= 4 is 29.7 Å². The van der Waals surface area contributed by atoms with Crippen molar-refractivity contribution in [2.45, 2.75) is 62.7 Å². The first-order valence-corrected chi connectivity index (χ1v) is 11.5. The number of carbonyl (C=O) groups excluding carboxylic acids is 3. The maximum absolute atomic E-state index is 12.8. The van der Waals surface area contributed by atoms with Gasteiger partial charge >= 0.3 is 11.9 Å². The van der Waals surface area contributed by atoms with Crippen LogP contribution in [0.3, 0.4) is 0 Å². The molecule has 0 fully saturated rings. The van der Waals surface area contributed by atoms with Crippen LogP contribution in [0.4, 0.5) is 0 Å². The van der Waals surface area contributed by atoms with E-state index in [9.17, 15) is 34.2 Å². The van der Waals surface area contributed by atoms with Crippen LogP contribution in [0.5, 0.6) is 0 Å². The van der Waals surface area contributed by atoms with Crippen LogP contribution in [-0.4, -0.2) is 82.3 Å². The van der Waals surface area contributed by atoms with Crippen molar-refractivity contribution in [1.29, 1.82) is 0 Å². The van der Waals surface area contributed by atoms with Gasteiger partial charge in [0.2, 0.25) is 17.7 Å². The second-order valence-electron chi connectivity index (χ2n) is 8.22. The molecule has 13 heteroatoms. The average Bonchev–Trinajstić information content (AvgIpc) is 2.84. The summed E-state index contributed by atoms with van der Waals surface area (Å²) in [5.74, 6) is -5.10. The Balaban J connectivity index is 2.85. The lowest BCUT2D eigenvalue weighted by Gasteiger charge is -2.24. The Hall–Kier alpha value is -3.55. The molecule has 0 radical (unpaired) electrons. The van der Waals surface area contributed by atoms with Gasteiger partial charge in [0.05, 0.1) is 12.6 Å². The van der Waals surface area contributed by atoms with Gasteiger partial charge in [0.1, 0.15) is 18.1 Å². The summed E-state index contributed by atoms with van der Waals surface area (Å²) in [6, 6.07) is 3.36. The van der Waals surface area contributed by atoms with Crippen LogP contribution in [0.2, 0.25) is 0 Å². The Labute approximate surface area is 208 Å². The summed E-state index contributed by atoms with van der Waals surface area (Å²) in [6.45, 7) is -0.440. The summed E-state index contributed by atoms with van der Waals surface area (Å²) in [5.41, 5.74) is 11.9. The Morgan fingerprint density at radius 2 is 1.39 bits per heavy atom. The summed E-state index contributed by atoms with van der Waals surface area (Å²) in [5, 5.41) is 35.0. The fourth-order valence-corrected chi connectivity index (χ4v) is 3.24. The minimum absolute atomic E-state index is 0.0344. The zero-order chi connectivity index (χ0) is 27.1. The van der Waals surface area contributed by atoms with E-state index in [1.807, 2.05) is 0 Å². The van der Waals surface area contributed by atoms with Crippen molar-refractivity contribution in [2.24, 2.45) is 11.5 Å². The minimum atomic E-state index is -1.54. The molecule has 4 atom stereocenters. The molecule has 0 aliphatic heterocycles. The number of aliphatic hydroxyl groups is 1. The van der Waals surface area contributed by atoms with Gasteiger partial charge in [-0.3, -0.25) is 19.2 Å². The molecule has 200 valence electrons. The van der Waals surface area contributed by atoms with Crippen LogP contribution in [0.25, 0.3) is 0 Å². The predicted molar refractivity (Wildman–Crippen MR) is 128 cm³/mol. The number of nitrogens with two attached hydrogens (primary N) is 2. The third-order valence-corrected chi connectivity index (χ3v) is 5.30. The van der Waals surface area contributed by atoms with Crippen molar-refractivity contribution in [3.63, 3.8) is 0 Å². The largest absolute Gasteiger partial charge is 0.481 e. The second-order valence-corrected chi connectivity index (χ2v) is 8.22. The highest BCUT2D eigenvalue weighted by Gasteiger charge is 2.30. The number of nitrogens with one attached hydrogen (secondary N) is 3. The van der Waals surface area contributed by atoms with E-state index in [1.54, 1.807) is 30.3 Å². The number of carbonyl (C=O) groups is 5. The van der Waals surface area contributed by atoms with E-state index < -0.39 is 66.9 Å². The Morgan fingerprint density at radius 3 is 1.94 bits per heavy atom. The van der Waals surface area contributed by atoms with E-state index in [0.29, 0.717) is 31.4 Å². The van der Waals surface area contributed by atoms with Crippen LogP contribution >= 0.6 is 0 Å². The molecule has 3 amide bonds. The summed E-state index contributed by atoms with van der Waals surface area (Å²) in [6.07, 6.45) is 0.739. The molecule has 1 rings (SSSR count). The number of aliphatic carboxylic acids is 2. The summed E-state index contributed by atoms with van der Waals surface area (Å²) in [4.78, 5) is 60.4. The van der Waals surface area contributed by atoms with Gasteiger partial charge in [-0.05, 0) is 31.4 Å². The van der Waals surface area contributed by atoms with Gasteiger partial charge in [-0.1, -0.05) is 36.8 Å². The first-order chi connectivity index (χ1) is 17.1. The second kappa shape index (κ2) is 16.2. The van der Waals surface area contributed by atoms with Crippen molar-refractivity contribution in [2.75, 3.05) is 13.2 Å². The molecule has 13 nitrogen and oxygen atoms in total. The van der Waals surface area contributed by atoms with E-state index >= 15 is 0 Å². The first-order valence-electron chi connectivity index (χ1n) is 11.5. The number of carboxylic acids is 2. The van der Waals surface area contributed by atoms with Gasteiger partial charge in [-0.2, -0.15) is 0 Å². The SMILES string of the molecule is NCCCCC(N)C(=O)NC(CCC(=O)O)C(=O)NC(CO)C(=O)NC(Cc1ccccc1)C(=O)O. The van der Waals surface area contributed by atoms with Crippen molar-refractivity contribution < 1.29 is 39.3 Å². The number of carboxylic acid groups (broad SMARTS) is 2. The molecule has 0 saturated carbocycles. The van der Waals surface area contributed by atoms with E-state index in [4.69, 9.17) is 16.6 Å². The molecule has 0 aliphatic rings. The van der Waals surface area contributed by atoms with E-state index in [1.165, 1.54) is 0 Å². The number of rotatable bonds is 17. The molecule has 4 unspecified atom stereocenters. The summed E-state index contributed by atoms with van der Waals surface area (Å²) < 4.78 is 0. The number of benzene rings is 1. The molecule has 36 heavy (non-hydrogen) atoms. The fraction of sp³-hybridized carbons (Fsp3) is 0.522. The predicted octanol–water partition coefficient (Wildman–Crippen LogP) is -1.92. The normalized spacial score (nSPS) is 14.1. The summed E-state index contributed by atoms with van der Waals surface area (Å²) >= 11 is 0. The molecule has 1 aromatic carbocycles. The van der Waals surface area contributed by atoms with Crippen LogP contribution in [0, 0.1) is 0 Å². The van der Waals surface area contributed by atoms with Gasteiger partial charge in [0, 0.05) is 12.8 Å². The summed E-state index contributed by atoms with van der Waals surface area (Å²) in [7, 11) is 0. The van der Waals surface area contributed by atoms with Gasteiger partial charge in [0.25, 0.3) is 0 Å². The fourth-order valence-electron chi connectivity index (χ4n) is 3.24. The lowest BCUT2D eigenvalue weighted by Crippen LogP contribution is -2.58. The van der Waals surface area contributed by atoms with Crippen molar-refractivity contribution in [1.82, 2.24) is 16.0 Å². The van der Waals surface area contributed by atoms with Crippen LogP contribution in [0.15, 0.2) is 30.3 Å². The zero-order valence-electron chi connectivity index (χ0n) is 19.9. The van der Waals surface area contributed by atoms with E-state index in [2.05, 4.69) is 16.0 Å². The molecule has 1 aromatic rings. The monoisotopic (exact) mass is 509 g/mol. The molecule has 10 N–H and O–H groups in total. The number of aliphatic hydroxyl groups excluding tert-OH is 1. The van der Waals surface area contributed by atoms with Gasteiger partial charge < -0.3 is 42.7 Å². The molecule has 0 bridgehead atoms. The maximum Gasteiger partial charge on any atom is 0.326 e. The Bertz CT molecular complexity index is 883. The number of amides is 3. The lowest BCUT2D eigenvalue weighted by atomic mass is 10.1. The minimum Gasteiger partial charge on any atom is -0.481 e. The molecule has 0 heterocycles. The standard InChI is InChI=1S/C23H35N5O8/c24-11-5-4-8-15(25)20(32)26-16(9-10-19(30)31)21(33)28-18(13-29)22(34)27-17(23(35)36)12-14-6-2-1-3-7-14/h1-3,6-7,15-18,29H,4-5,8-13,24-25H2,(H,26,32)(H,27,34)(H,28,33)(H,30,31)(H,35,36). The molecule has 0 aliphatic carbocycles. The molecule has 0 saturated heterocycles. The quantitative estimate of drug-likeness (QED) is 0.108. The van der Waals surface area contributed by atoms with Crippen LogP contribution in [-0.2, 0) is 30.4 Å². The topological polar surface area (TPSA) is 234 Å². The lowest BCUT2D eigenvalue weighted by molar-refractivity contribution is -0.142. The van der Waals surface area contributed by atoms with Crippen LogP contribution in [0.1, 0.15) is 37.7 Å². The van der Waals surface area contributed by atoms with Crippen molar-refractivity contribution in [3.8, 4) is 0 Å².